The summed E-state index contributed by atoms with van der Waals surface area (Å²) in [5.41, 5.74) is 5.10. The van der Waals surface area contributed by atoms with E-state index in [1.165, 1.54) is 10.9 Å². The number of fused-ring (bicyclic) bond motifs is 1. The predicted octanol–water partition coefficient (Wildman–Crippen LogP) is 3.75. The number of aromatic nitrogens is 1. The van der Waals surface area contributed by atoms with Crippen molar-refractivity contribution < 1.29 is 9.59 Å². The SMILES string of the molecule is Cc1[nH]c2ccccc2c1CCNC(=O)NCc1cccc(C(=O)N2CCCC2)c1. The molecule has 2 aromatic carbocycles. The number of hydrogen-bond acceptors (Lipinski definition) is 2. The van der Waals surface area contributed by atoms with Gasteiger partial charge in [-0.05, 0) is 55.5 Å². The minimum absolute atomic E-state index is 0.0768. The van der Waals surface area contributed by atoms with Gasteiger partial charge in [-0.1, -0.05) is 30.3 Å². The zero-order chi connectivity index (χ0) is 20.9. The molecule has 1 aliphatic rings. The molecule has 6 nitrogen and oxygen atoms in total. The first-order chi connectivity index (χ1) is 14.6. The Bertz CT molecular complexity index is 1050. The Morgan fingerprint density at radius 3 is 2.67 bits per heavy atom. The second-order valence-corrected chi connectivity index (χ2v) is 7.83. The number of nitrogens with zero attached hydrogens (tertiary/aromatic N) is 1. The molecule has 0 atom stereocenters. The summed E-state index contributed by atoms with van der Waals surface area (Å²) >= 11 is 0. The van der Waals surface area contributed by atoms with Crippen LogP contribution in [0.15, 0.2) is 48.5 Å². The van der Waals surface area contributed by atoms with E-state index in [9.17, 15) is 9.59 Å². The van der Waals surface area contributed by atoms with Gasteiger partial charge < -0.3 is 20.5 Å². The molecule has 30 heavy (non-hydrogen) atoms. The van der Waals surface area contributed by atoms with Crippen molar-refractivity contribution in [3.8, 4) is 0 Å². The molecule has 0 aliphatic carbocycles. The molecule has 3 aromatic rings. The lowest BCUT2D eigenvalue weighted by Crippen LogP contribution is -2.36. The Morgan fingerprint density at radius 2 is 1.83 bits per heavy atom. The quantitative estimate of drug-likeness (QED) is 0.585. The number of benzene rings is 2. The molecule has 6 heteroatoms. The number of likely N-dealkylation sites (tertiary alicyclic amines) is 1. The fraction of sp³-hybridized carbons (Fsp3) is 0.333. The first kappa shape index (κ1) is 20.0. The van der Waals surface area contributed by atoms with Gasteiger partial charge in [-0.2, -0.15) is 0 Å². The summed E-state index contributed by atoms with van der Waals surface area (Å²) in [6, 6.07) is 15.5. The van der Waals surface area contributed by atoms with Crippen LogP contribution in [0, 0.1) is 6.92 Å². The van der Waals surface area contributed by atoms with E-state index in [1.54, 1.807) is 0 Å². The van der Waals surface area contributed by atoms with Crippen LogP contribution >= 0.6 is 0 Å². The van der Waals surface area contributed by atoms with Crippen molar-refractivity contribution in [2.45, 2.75) is 32.7 Å². The van der Waals surface area contributed by atoms with Crippen LogP contribution in [-0.2, 0) is 13.0 Å². The van der Waals surface area contributed by atoms with E-state index in [1.807, 2.05) is 41.3 Å². The minimum Gasteiger partial charge on any atom is -0.358 e. The summed E-state index contributed by atoms with van der Waals surface area (Å²) in [5, 5.41) is 7.02. The number of H-pyrrole nitrogens is 1. The zero-order valence-electron chi connectivity index (χ0n) is 17.3. The molecule has 0 spiro atoms. The van der Waals surface area contributed by atoms with E-state index in [2.05, 4.69) is 34.7 Å². The maximum atomic E-state index is 12.5. The molecule has 2 heterocycles. The Kier molecular flexibility index (Phi) is 6.02. The highest BCUT2D eigenvalue weighted by atomic mass is 16.2. The van der Waals surface area contributed by atoms with E-state index >= 15 is 0 Å². The Morgan fingerprint density at radius 1 is 1.03 bits per heavy atom. The molecule has 1 aliphatic heterocycles. The van der Waals surface area contributed by atoms with E-state index in [4.69, 9.17) is 0 Å². The Hall–Kier alpha value is -3.28. The van der Waals surface area contributed by atoms with E-state index in [-0.39, 0.29) is 11.9 Å². The van der Waals surface area contributed by atoms with Crippen molar-refractivity contribution in [3.63, 3.8) is 0 Å². The maximum absolute atomic E-state index is 12.5. The number of urea groups is 1. The monoisotopic (exact) mass is 404 g/mol. The summed E-state index contributed by atoms with van der Waals surface area (Å²) in [7, 11) is 0. The van der Waals surface area contributed by atoms with Crippen molar-refractivity contribution in [1.82, 2.24) is 20.5 Å². The first-order valence-corrected chi connectivity index (χ1v) is 10.6. The summed E-state index contributed by atoms with van der Waals surface area (Å²) in [4.78, 5) is 30.0. The van der Waals surface area contributed by atoms with E-state index in [0.717, 1.165) is 49.1 Å². The number of aromatic amines is 1. The number of aryl methyl sites for hydroxylation is 1. The van der Waals surface area contributed by atoms with Gasteiger partial charge in [-0.3, -0.25) is 4.79 Å². The van der Waals surface area contributed by atoms with Crippen LogP contribution in [0.5, 0.6) is 0 Å². The lowest BCUT2D eigenvalue weighted by molar-refractivity contribution is 0.0792. The van der Waals surface area contributed by atoms with Crippen molar-refractivity contribution in [3.05, 3.63) is 70.9 Å². The largest absolute Gasteiger partial charge is 0.358 e. The molecule has 4 rings (SSSR count). The number of amides is 3. The number of carbonyl (C=O) groups is 2. The van der Waals surface area contributed by atoms with Crippen molar-refractivity contribution in [1.29, 1.82) is 0 Å². The molecule has 0 bridgehead atoms. The third-order valence-corrected chi connectivity index (χ3v) is 5.71. The van der Waals surface area contributed by atoms with Crippen LogP contribution in [0.2, 0.25) is 0 Å². The second kappa shape index (κ2) is 9.03. The fourth-order valence-electron chi connectivity index (χ4n) is 4.12. The van der Waals surface area contributed by atoms with Gasteiger partial charge in [-0.25, -0.2) is 4.79 Å². The predicted molar refractivity (Wildman–Crippen MR) is 119 cm³/mol. The third kappa shape index (κ3) is 4.48. The fourth-order valence-corrected chi connectivity index (χ4v) is 4.12. The Balaban J connectivity index is 1.27. The van der Waals surface area contributed by atoms with Crippen LogP contribution in [0.4, 0.5) is 4.79 Å². The van der Waals surface area contributed by atoms with Crippen molar-refractivity contribution in [2.75, 3.05) is 19.6 Å². The summed E-state index contributed by atoms with van der Waals surface area (Å²) in [6.45, 7) is 4.67. The number of carbonyl (C=O) groups excluding carboxylic acids is 2. The summed E-state index contributed by atoms with van der Waals surface area (Å²) in [5.74, 6) is 0.0768. The van der Waals surface area contributed by atoms with Crippen molar-refractivity contribution in [2.24, 2.45) is 0 Å². The molecular formula is C24H28N4O2. The highest BCUT2D eigenvalue weighted by molar-refractivity contribution is 5.94. The molecule has 0 unspecified atom stereocenters. The first-order valence-electron chi connectivity index (χ1n) is 10.6. The lowest BCUT2D eigenvalue weighted by atomic mass is 10.1. The van der Waals surface area contributed by atoms with Gasteiger partial charge in [0.1, 0.15) is 0 Å². The zero-order valence-corrected chi connectivity index (χ0v) is 17.3. The van der Waals surface area contributed by atoms with Crippen LogP contribution in [0.1, 0.15) is 40.0 Å². The van der Waals surface area contributed by atoms with E-state index < -0.39 is 0 Å². The summed E-state index contributed by atoms with van der Waals surface area (Å²) < 4.78 is 0. The van der Waals surface area contributed by atoms with Crippen LogP contribution < -0.4 is 10.6 Å². The molecule has 3 N–H and O–H groups in total. The number of rotatable bonds is 6. The van der Waals surface area contributed by atoms with Crippen LogP contribution in [0.25, 0.3) is 10.9 Å². The Labute approximate surface area is 176 Å². The third-order valence-electron chi connectivity index (χ3n) is 5.71. The molecular weight excluding hydrogens is 376 g/mol. The highest BCUT2D eigenvalue weighted by Gasteiger charge is 2.19. The van der Waals surface area contributed by atoms with Gasteiger partial charge in [0.15, 0.2) is 0 Å². The minimum atomic E-state index is -0.205. The number of para-hydroxylation sites is 1. The summed E-state index contributed by atoms with van der Waals surface area (Å²) in [6.07, 6.45) is 2.92. The molecule has 1 aromatic heterocycles. The van der Waals surface area contributed by atoms with Gasteiger partial charge in [-0.15, -0.1) is 0 Å². The molecule has 3 amide bonds. The highest BCUT2D eigenvalue weighted by Crippen LogP contribution is 2.21. The average Bonchev–Trinajstić information content (AvgIpc) is 3.40. The molecule has 1 saturated heterocycles. The maximum Gasteiger partial charge on any atom is 0.315 e. The molecule has 0 radical (unpaired) electrons. The van der Waals surface area contributed by atoms with Crippen LogP contribution in [-0.4, -0.2) is 41.5 Å². The number of nitrogens with one attached hydrogen (secondary N) is 3. The molecule has 156 valence electrons. The normalized spacial score (nSPS) is 13.6. The van der Waals surface area contributed by atoms with E-state index in [0.29, 0.717) is 18.7 Å². The van der Waals surface area contributed by atoms with Gasteiger partial charge >= 0.3 is 6.03 Å². The standard InChI is InChI=1S/C24H28N4O2/c1-17-20(21-9-2-3-10-22(21)27-17)11-12-25-24(30)26-16-18-7-6-8-19(15-18)23(29)28-13-4-5-14-28/h2-3,6-10,15,27H,4-5,11-14,16H2,1H3,(H2,25,26,30). The topological polar surface area (TPSA) is 77.2 Å². The van der Waals surface area contributed by atoms with Gasteiger partial charge in [0.25, 0.3) is 5.91 Å². The van der Waals surface area contributed by atoms with Gasteiger partial charge in [0, 0.05) is 48.3 Å². The van der Waals surface area contributed by atoms with Gasteiger partial charge in [0.2, 0.25) is 0 Å². The molecule has 1 fully saturated rings. The average molecular weight is 405 g/mol. The lowest BCUT2D eigenvalue weighted by Gasteiger charge is -2.15. The smallest absolute Gasteiger partial charge is 0.315 e. The second-order valence-electron chi connectivity index (χ2n) is 7.83. The number of hydrogen-bond donors (Lipinski definition) is 3. The van der Waals surface area contributed by atoms with Crippen LogP contribution in [0.3, 0.4) is 0 Å². The molecule has 0 saturated carbocycles. The van der Waals surface area contributed by atoms with Crippen molar-refractivity contribution >= 4 is 22.8 Å². The van der Waals surface area contributed by atoms with Gasteiger partial charge in [0.05, 0.1) is 0 Å².